The standard InChI is InChI=1S/C14H21N3O/c1-2-4-13-12(3-1)14(17-10-16-13)15-9-11-5-7-18-8-6-11/h10-11H,1-9H2,(H,15,16,17). The lowest BCUT2D eigenvalue weighted by atomic mass is 9.96. The van der Waals surface area contributed by atoms with Crippen LogP contribution in [0.15, 0.2) is 6.33 Å². The van der Waals surface area contributed by atoms with Gasteiger partial charge in [0, 0.05) is 31.0 Å². The van der Waals surface area contributed by atoms with E-state index in [1.807, 2.05) is 0 Å². The molecule has 0 spiro atoms. The molecule has 0 atom stereocenters. The van der Waals surface area contributed by atoms with Crippen LogP contribution in [-0.4, -0.2) is 29.7 Å². The van der Waals surface area contributed by atoms with E-state index in [-0.39, 0.29) is 0 Å². The number of ether oxygens (including phenoxy) is 1. The molecule has 1 aromatic heterocycles. The summed E-state index contributed by atoms with van der Waals surface area (Å²) in [5, 5.41) is 3.54. The van der Waals surface area contributed by atoms with E-state index in [1.54, 1.807) is 6.33 Å². The van der Waals surface area contributed by atoms with Gasteiger partial charge in [-0.2, -0.15) is 0 Å². The first kappa shape index (κ1) is 11.9. The molecule has 1 saturated heterocycles. The van der Waals surface area contributed by atoms with Gasteiger partial charge in [-0.05, 0) is 44.4 Å². The van der Waals surface area contributed by atoms with Crippen LogP contribution in [0, 0.1) is 5.92 Å². The SMILES string of the molecule is c1nc2c(c(NCC3CCOCC3)n1)CCCC2. The fourth-order valence-corrected chi connectivity index (χ4v) is 2.87. The highest BCUT2D eigenvalue weighted by atomic mass is 16.5. The van der Waals surface area contributed by atoms with Gasteiger partial charge in [0.1, 0.15) is 12.1 Å². The third-order valence-electron chi connectivity index (χ3n) is 4.02. The molecule has 18 heavy (non-hydrogen) atoms. The van der Waals surface area contributed by atoms with Gasteiger partial charge in [0.05, 0.1) is 0 Å². The van der Waals surface area contributed by atoms with Crippen molar-refractivity contribution in [1.82, 2.24) is 9.97 Å². The highest BCUT2D eigenvalue weighted by Crippen LogP contribution is 2.25. The molecule has 1 aliphatic carbocycles. The predicted octanol–water partition coefficient (Wildman–Crippen LogP) is 2.19. The largest absolute Gasteiger partial charge is 0.381 e. The van der Waals surface area contributed by atoms with Crippen molar-refractivity contribution >= 4 is 5.82 Å². The van der Waals surface area contributed by atoms with Crippen molar-refractivity contribution in [3.05, 3.63) is 17.6 Å². The van der Waals surface area contributed by atoms with E-state index in [9.17, 15) is 0 Å². The summed E-state index contributed by atoms with van der Waals surface area (Å²) in [7, 11) is 0. The maximum atomic E-state index is 5.39. The molecule has 0 amide bonds. The van der Waals surface area contributed by atoms with Gasteiger partial charge in [-0.3, -0.25) is 0 Å². The molecule has 4 heteroatoms. The smallest absolute Gasteiger partial charge is 0.132 e. The zero-order valence-corrected chi connectivity index (χ0v) is 10.8. The lowest BCUT2D eigenvalue weighted by Gasteiger charge is -2.24. The Kier molecular flexibility index (Phi) is 3.74. The molecule has 0 bridgehead atoms. The topological polar surface area (TPSA) is 47.0 Å². The normalized spacial score (nSPS) is 20.4. The number of hydrogen-bond donors (Lipinski definition) is 1. The number of anilines is 1. The second kappa shape index (κ2) is 5.65. The van der Waals surface area contributed by atoms with Gasteiger partial charge in [0.2, 0.25) is 0 Å². The van der Waals surface area contributed by atoms with Crippen molar-refractivity contribution in [1.29, 1.82) is 0 Å². The molecule has 2 aliphatic rings. The molecular weight excluding hydrogens is 226 g/mol. The van der Waals surface area contributed by atoms with Crippen LogP contribution >= 0.6 is 0 Å². The summed E-state index contributed by atoms with van der Waals surface area (Å²) < 4.78 is 5.39. The number of aryl methyl sites for hydroxylation is 1. The Hall–Kier alpha value is -1.16. The summed E-state index contributed by atoms with van der Waals surface area (Å²) in [5.41, 5.74) is 2.61. The number of aromatic nitrogens is 2. The quantitative estimate of drug-likeness (QED) is 0.889. The molecule has 2 heterocycles. The summed E-state index contributed by atoms with van der Waals surface area (Å²) in [6.45, 7) is 2.84. The molecule has 0 radical (unpaired) electrons. The van der Waals surface area contributed by atoms with Gasteiger partial charge in [-0.15, -0.1) is 0 Å². The van der Waals surface area contributed by atoms with Gasteiger partial charge in [0.15, 0.2) is 0 Å². The third-order valence-corrected chi connectivity index (χ3v) is 4.02. The summed E-state index contributed by atoms with van der Waals surface area (Å²) in [4.78, 5) is 8.83. The number of nitrogens with one attached hydrogen (secondary N) is 1. The highest BCUT2D eigenvalue weighted by Gasteiger charge is 2.17. The lowest BCUT2D eigenvalue weighted by molar-refractivity contribution is 0.0699. The second-order valence-electron chi connectivity index (χ2n) is 5.29. The van der Waals surface area contributed by atoms with Crippen LogP contribution in [-0.2, 0) is 17.6 Å². The molecule has 0 aromatic carbocycles. The number of nitrogens with zero attached hydrogens (tertiary/aromatic N) is 2. The molecule has 0 unspecified atom stereocenters. The van der Waals surface area contributed by atoms with E-state index in [0.29, 0.717) is 0 Å². The van der Waals surface area contributed by atoms with E-state index in [2.05, 4.69) is 15.3 Å². The summed E-state index contributed by atoms with van der Waals surface area (Å²) in [6, 6.07) is 0. The zero-order chi connectivity index (χ0) is 12.2. The molecule has 3 rings (SSSR count). The van der Waals surface area contributed by atoms with Gasteiger partial charge < -0.3 is 10.1 Å². The van der Waals surface area contributed by atoms with Crippen molar-refractivity contribution in [3.63, 3.8) is 0 Å². The van der Waals surface area contributed by atoms with Crippen LogP contribution in [0.25, 0.3) is 0 Å². The fraction of sp³-hybridized carbons (Fsp3) is 0.714. The van der Waals surface area contributed by atoms with E-state index >= 15 is 0 Å². The fourth-order valence-electron chi connectivity index (χ4n) is 2.87. The van der Waals surface area contributed by atoms with Crippen LogP contribution in [0.4, 0.5) is 5.82 Å². The molecule has 4 nitrogen and oxygen atoms in total. The van der Waals surface area contributed by atoms with Crippen LogP contribution in [0.5, 0.6) is 0 Å². The maximum Gasteiger partial charge on any atom is 0.132 e. The minimum atomic E-state index is 0.730. The minimum absolute atomic E-state index is 0.730. The Morgan fingerprint density at radius 3 is 2.89 bits per heavy atom. The molecule has 1 N–H and O–H groups in total. The monoisotopic (exact) mass is 247 g/mol. The van der Waals surface area contributed by atoms with Crippen LogP contribution < -0.4 is 5.32 Å². The highest BCUT2D eigenvalue weighted by molar-refractivity contribution is 5.46. The second-order valence-corrected chi connectivity index (χ2v) is 5.29. The molecular formula is C14H21N3O. The van der Waals surface area contributed by atoms with Gasteiger partial charge in [-0.25, -0.2) is 9.97 Å². The molecule has 1 aromatic rings. The Labute approximate surface area is 108 Å². The zero-order valence-electron chi connectivity index (χ0n) is 10.8. The maximum absolute atomic E-state index is 5.39. The Balaban J connectivity index is 1.65. The third kappa shape index (κ3) is 2.64. The van der Waals surface area contributed by atoms with Crippen LogP contribution in [0.1, 0.15) is 36.9 Å². The Morgan fingerprint density at radius 2 is 2.00 bits per heavy atom. The van der Waals surface area contributed by atoms with E-state index < -0.39 is 0 Å². The summed E-state index contributed by atoms with van der Waals surface area (Å²) >= 11 is 0. The van der Waals surface area contributed by atoms with Crippen LogP contribution in [0.3, 0.4) is 0 Å². The summed E-state index contributed by atoms with van der Waals surface area (Å²) in [6.07, 6.45) is 8.82. The molecule has 1 fully saturated rings. The van der Waals surface area contributed by atoms with Crippen LogP contribution in [0.2, 0.25) is 0 Å². The molecule has 98 valence electrons. The van der Waals surface area contributed by atoms with Crippen molar-refractivity contribution in [3.8, 4) is 0 Å². The van der Waals surface area contributed by atoms with E-state index in [1.165, 1.54) is 36.9 Å². The Bertz CT molecular complexity index is 402. The number of hydrogen-bond acceptors (Lipinski definition) is 4. The molecule has 1 aliphatic heterocycles. The van der Waals surface area contributed by atoms with Crippen molar-refractivity contribution in [2.24, 2.45) is 5.92 Å². The van der Waals surface area contributed by atoms with Crippen molar-refractivity contribution in [2.45, 2.75) is 38.5 Å². The molecule has 0 saturated carbocycles. The first-order chi connectivity index (χ1) is 8.93. The lowest BCUT2D eigenvalue weighted by Crippen LogP contribution is -2.24. The van der Waals surface area contributed by atoms with Crippen molar-refractivity contribution in [2.75, 3.05) is 25.1 Å². The first-order valence-electron chi connectivity index (χ1n) is 7.08. The van der Waals surface area contributed by atoms with Gasteiger partial charge in [0.25, 0.3) is 0 Å². The average molecular weight is 247 g/mol. The number of rotatable bonds is 3. The summed E-state index contributed by atoms with van der Waals surface area (Å²) in [5.74, 6) is 1.80. The van der Waals surface area contributed by atoms with E-state index in [4.69, 9.17) is 4.74 Å². The van der Waals surface area contributed by atoms with E-state index in [0.717, 1.165) is 44.3 Å². The van der Waals surface area contributed by atoms with Gasteiger partial charge >= 0.3 is 0 Å². The number of fused-ring (bicyclic) bond motifs is 1. The Morgan fingerprint density at radius 1 is 1.17 bits per heavy atom. The van der Waals surface area contributed by atoms with Crippen molar-refractivity contribution < 1.29 is 4.74 Å². The average Bonchev–Trinajstić information content (AvgIpc) is 2.46. The predicted molar refractivity (Wildman–Crippen MR) is 70.7 cm³/mol. The van der Waals surface area contributed by atoms with Gasteiger partial charge in [-0.1, -0.05) is 0 Å². The minimum Gasteiger partial charge on any atom is -0.381 e. The first-order valence-corrected chi connectivity index (χ1v) is 7.08.